The highest BCUT2D eigenvalue weighted by Gasteiger charge is 2.18. The first-order valence-electron chi connectivity index (χ1n) is 7.85. The van der Waals surface area contributed by atoms with Crippen LogP contribution in [0.25, 0.3) is 0 Å². The Kier molecular flexibility index (Phi) is 6.45. The molecule has 0 radical (unpaired) electrons. The van der Waals surface area contributed by atoms with E-state index in [-0.39, 0.29) is 33.9 Å². The van der Waals surface area contributed by atoms with Gasteiger partial charge in [0.2, 0.25) is 0 Å². The van der Waals surface area contributed by atoms with Gasteiger partial charge in [0, 0.05) is 6.07 Å². The largest absolute Gasteiger partial charge is 0.483 e. The zero-order chi connectivity index (χ0) is 19.4. The first-order chi connectivity index (χ1) is 12.2. The number of nitrogens with one attached hydrogen (secondary N) is 1. The Hall–Kier alpha value is -2.31. The Balaban J connectivity index is 2.10. The Bertz CT molecular complexity index is 853. The van der Waals surface area contributed by atoms with Crippen molar-refractivity contribution in [2.45, 2.75) is 26.7 Å². The molecule has 2 rings (SSSR count). The summed E-state index contributed by atoms with van der Waals surface area (Å²) >= 11 is 11.8. The zero-order valence-corrected chi connectivity index (χ0v) is 16.0. The number of hydrogen-bond acceptors (Lipinski definition) is 4. The van der Waals surface area contributed by atoms with Crippen LogP contribution in [0.15, 0.2) is 30.3 Å². The summed E-state index contributed by atoms with van der Waals surface area (Å²) < 4.78 is 5.65. The second-order valence-corrected chi connectivity index (χ2v) is 6.89. The molecule has 0 heterocycles. The number of rotatable bonds is 6. The van der Waals surface area contributed by atoms with Crippen molar-refractivity contribution in [3.8, 4) is 5.75 Å². The molecule has 6 nitrogen and oxygen atoms in total. The molecule has 0 saturated heterocycles. The summed E-state index contributed by atoms with van der Waals surface area (Å²) in [6.45, 7) is 5.79. The normalized spacial score (nSPS) is 10.7. The van der Waals surface area contributed by atoms with Gasteiger partial charge < -0.3 is 10.1 Å². The second-order valence-electron chi connectivity index (χ2n) is 6.07. The Morgan fingerprint density at radius 2 is 1.92 bits per heavy atom. The molecule has 0 fully saturated rings. The molecule has 0 atom stereocenters. The van der Waals surface area contributed by atoms with Gasteiger partial charge in [0.15, 0.2) is 6.61 Å². The first-order valence-corrected chi connectivity index (χ1v) is 8.61. The fourth-order valence-electron chi connectivity index (χ4n) is 2.35. The molecule has 8 heteroatoms. The number of nitro groups is 1. The van der Waals surface area contributed by atoms with E-state index in [9.17, 15) is 14.9 Å². The maximum atomic E-state index is 12.2. The zero-order valence-electron chi connectivity index (χ0n) is 14.5. The molecule has 0 spiro atoms. The second kappa shape index (κ2) is 8.38. The van der Waals surface area contributed by atoms with Gasteiger partial charge in [-0.05, 0) is 36.1 Å². The number of amides is 1. The number of anilines is 1. The fourth-order valence-corrected chi connectivity index (χ4v) is 2.78. The predicted molar refractivity (Wildman–Crippen MR) is 103 cm³/mol. The minimum absolute atomic E-state index is 0.0212. The van der Waals surface area contributed by atoms with Crippen molar-refractivity contribution in [3.05, 3.63) is 61.6 Å². The Morgan fingerprint density at radius 3 is 2.54 bits per heavy atom. The van der Waals surface area contributed by atoms with E-state index in [0.29, 0.717) is 5.75 Å². The van der Waals surface area contributed by atoms with Gasteiger partial charge >= 0.3 is 0 Å². The summed E-state index contributed by atoms with van der Waals surface area (Å²) in [7, 11) is 0. The number of nitro benzene ring substituents is 1. The van der Waals surface area contributed by atoms with Crippen molar-refractivity contribution in [2.75, 3.05) is 11.9 Å². The standard InChI is InChI=1S/C18H18Cl2N2O4/c1-10(2)12-5-4-11(3)6-17(12)26-9-18(23)21-15-7-14(20)16(22(24)25)8-13(15)19/h4-8,10H,9H2,1-3H3,(H,21,23). The van der Waals surface area contributed by atoms with Gasteiger partial charge in [-0.1, -0.05) is 49.2 Å². The number of aryl methyl sites for hydroxylation is 1. The smallest absolute Gasteiger partial charge is 0.289 e. The fraction of sp³-hybridized carbons (Fsp3) is 0.278. The van der Waals surface area contributed by atoms with Crippen molar-refractivity contribution in [1.82, 2.24) is 0 Å². The first kappa shape index (κ1) is 20.0. The van der Waals surface area contributed by atoms with E-state index in [0.717, 1.165) is 17.2 Å². The number of nitrogens with zero attached hydrogens (tertiary/aromatic N) is 1. The summed E-state index contributed by atoms with van der Waals surface area (Å²) in [6.07, 6.45) is 0. The van der Waals surface area contributed by atoms with E-state index in [1.807, 2.05) is 39.0 Å². The quantitative estimate of drug-likeness (QED) is 0.526. The molecule has 26 heavy (non-hydrogen) atoms. The van der Waals surface area contributed by atoms with Crippen LogP contribution in [-0.4, -0.2) is 17.4 Å². The maximum Gasteiger partial charge on any atom is 0.289 e. The monoisotopic (exact) mass is 396 g/mol. The highest BCUT2D eigenvalue weighted by Crippen LogP contribution is 2.34. The lowest BCUT2D eigenvalue weighted by Crippen LogP contribution is -2.21. The summed E-state index contributed by atoms with van der Waals surface area (Å²) in [5.74, 6) is 0.438. The van der Waals surface area contributed by atoms with E-state index in [2.05, 4.69) is 5.32 Å². The lowest BCUT2D eigenvalue weighted by atomic mass is 10.0. The summed E-state index contributed by atoms with van der Waals surface area (Å²) in [5.41, 5.74) is 1.88. The van der Waals surface area contributed by atoms with E-state index in [1.54, 1.807) is 0 Å². The molecule has 0 aliphatic rings. The third kappa shape index (κ3) is 4.86. The van der Waals surface area contributed by atoms with Crippen LogP contribution in [0.3, 0.4) is 0 Å². The molecule has 138 valence electrons. The minimum Gasteiger partial charge on any atom is -0.483 e. The highest BCUT2D eigenvalue weighted by atomic mass is 35.5. The van der Waals surface area contributed by atoms with E-state index in [1.165, 1.54) is 6.07 Å². The minimum atomic E-state index is -0.645. The van der Waals surface area contributed by atoms with Crippen LogP contribution < -0.4 is 10.1 Å². The Morgan fingerprint density at radius 1 is 1.23 bits per heavy atom. The topological polar surface area (TPSA) is 81.5 Å². The van der Waals surface area contributed by atoms with Crippen LogP contribution in [0.4, 0.5) is 11.4 Å². The number of halogens is 2. The highest BCUT2D eigenvalue weighted by molar-refractivity contribution is 6.37. The Labute approximate surface area is 161 Å². The number of ether oxygens (including phenoxy) is 1. The van der Waals surface area contributed by atoms with Crippen molar-refractivity contribution < 1.29 is 14.5 Å². The van der Waals surface area contributed by atoms with Crippen molar-refractivity contribution in [1.29, 1.82) is 0 Å². The van der Waals surface area contributed by atoms with Crippen molar-refractivity contribution >= 4 is 40.5 Å². The molecular weight excluding hydrogens is 379 g/mol. The number of benzene rings is 2. The summed E-state index contributed by atoms with van der Waals surface area (Å²) in [4.78, 5) is 22.4. The van der Waals surface area contributed by atoms with Crippen LogP contribution in [0.1, 0.15) is 30.9 Å². The molecule has 1 N–H and O–H groups in total. The number of carbonyl (C=O) groups excluding carboxylic acids is 1. The molecule has 2 aromatic rings. The van der Waals surface area contributed by atoms with E-state index < -0.39 is 10.8 Å². The van der Waals surface area contributed by atoms with Gasteiger partial charge in [0.25, 0.3) is 11.6 Å². The van der Waals surface area contributed by atoms with Crippen molar-refractivity contribution in [3.63, 3.8) is 0 Å². The molecular formula is C18H18Cl2N2O4. The summed E-state index contributed by atoms with van der Waals surface area (Å²) in [5, 5.41) is 13.3. The third-order valence-electron chi connectivity index (χ3n) is 3.66. The van der Waals surface area contributed by atoms with Crippen LogP contribution in [-0.2, 0) is 4.79 Å². The van der Waals surface area contributed by atoms with E-state index >= 15 is 0 Å². The third-order valence-corrected chi connectivity index (χ3v) is 4.27. The van der Waals surface area contributed by atoms with Gasteiger partial charge in [-0.15, -0.1) is 0 Å². The number of carbonyl (C=O) groups is 1. The molecule has 2 aromatic carbocycles. The molecule has 0 aliphatic heterocycles. The lowest BCUT2D eigenvalue weighted by Gasteiger charge is -2.15. The van der Waals surface area contributed by atoms with Gasteiger partial charge in [0.05, 0.1) is 15.6 Å². The maximum absolute atomic E-state index is 12.2. The average molecular weight is 397 g/mol. The molecule has 0 unspecified atom stereocenters. The van der Waals surface area contributed by atoms with Crippen LogP contribution >= 0.6 is 23.2 Å². The van der Waals surface area contributed by atoms with Gasteiger partial charge in [-0.3, -0.25) is 14.9 Å². The molecule has 0 saturated carbocycles. The summed E-state index contributed by atoms with van der Waals surface area (Å²) in [6, 6.07) is 8.17. The van der Waals surface area contributed by atoms with Crippen LogP contribution in [0.2, 0.25) is 10.0 Å². The number of hydrogen-bond donors (Lipinski definition) is 1. The van der Waals surface area contributed by atoms with E-state index in [4.69, 9.17) is 27.9 Å². The van der Waals surface area contributed by atoms with Gasteiger partial charge in [-0.2, -0.15) is 0 Å². The average Bonchev–Trinajstić information content (AvgIpc) is 2.55. The molecule has 0 aromatic heterocycles. The van der Waals surface area contributed by atoms with Gasteiger partial charge in [0.1, 0.15) is 10.8 Å². The SMILES string of the molecule is Cc1ccc(C(C)C)c(OCC(=O)Nc2cc(Cl)c([N+](=O)[O-])cc2Cl)c1. The lowest BCUT2D eigenvalue weighted by molar-refractivity contribution is -0.384. The van der Waals surface area contributed by atoms with Crippen molar-refractivity contribution in [2.24, 2.45) is 0 Å². The molecule has 0 aliphatic carbocycles. The molecule has 1 amide bonds. The van der Waals surface area contributed by atoms with Crippen LogP contribution in [0.5, 0.6) is 5.75 Å². The van der Waals surface area contributed by atoms with Gasteiger partial charge in [-0.25, -0.2) is 0 Å². The predicted octanol–water partition coefficient (Wildman–Crippen LogP) is 5.35. The molecule has 0 bridgehead atoms. The van der Waals surface area contributed by atoms with Crippen LogP contribution in [0, 0.1) is 17.0 Å².